The molecule has 0 unspecified atom stereocenters. The molecule has 22 heavy (non-hydrogen) atoms. The number of sulfonamides is 1. The van der Waals surface area contributed by atoms with E-state index in [1.54, 1.807) is 12.1 Å². The van der Waals surface area contributed by atoms with E-state index >= 15 is 0 Å². The van der Waals surface area contributed by atoms with Gasteiger partial charge in [0.15, 0.2) is 0 Å². The maximum Gasteiger partial charge on any atom is 0.336 e. The monoisotopic (exact) mass is 383 g/mol. The number of carboxylic acids is 1. The average molecular weight is 384 g/mol. The Morgan fingerprint density at radius 1 is 1.09 bits per heavy atom. The van der Waals surface area contributed by atoms with Crippen molar-refractivity contribution >= 4 is 37.6 Å². The van der Waals surface area contributed by atoms with E-state index in [4.69, 9.17) is 5.11 Å². The molecule has 2 rings (SSSR count). The number of aryl methyl sites for hydroxylation is 2. The first-order chi connectivity index (χ1) is 10.2. The van der Waals surface area contributed by atoms with E-state index in [0.29, 0.717) is 10.2 Å². The molecular weight excluding hydrogens is 370 g/mol. The van der Waals surface area contributed by atoms with Gasteiger partial charge in [-0.15, -0.1) is 0 Å². The molecule has 0 amide bonds. The quantitative estimate of drug-likeness (QED) is 0.844. The van der Waals surface area contributed by atoms with Gasteiger partial charge in [-0.1, -0.05) is 6.07 Å². The minimum absolute atomic E-state index is 0.105. The predicted octanol–water partition coefficient (Wildman–Crippen LogP) is 3.56. The number of hydrogen-bond acceptors (Lipinski definition) is 3. The summed E-state index contributed by atoms with van der Waals surface area (Å²) in [5, 5.41) is 9.07. The zero-order valence-electron chi connectivity index (χ0n) is 11.9. The van der Waals surface area contributed by atoms with Gasteiger partial charge in [0.1, 0.15) is 0 Å². The molecule has 5 nitrogen and oxygen atoms in total. The molecule has 0 aliphatic carbocycles. The summed E-state index contributed by atoms with van der Waals surface area (Å²) in [6.07, 6.45) is 0. The Balaban J connectivity index is 2.40. The Kier molecular flexibility index (Phi) is 4.58. The summed E-state index contributed by atoms with van der Waals surface area (Å²) in [6.45, 7) is 3.82. The number of nitrogens with one attached hydrogen (secondary N) is 1. The van der Waals surface area contributed by atoms with Crippen LogP contribution in [0, 0.1) is 13.8 Å². The van der Waals surface area contributed by atoms with Gasteiger partial charge in [0.05, 0.1) is 10.5 Å². The summed E-state index contributed by atoms with van der Waals surface area (Å²) in [6, 6.07) is 9.08. The van der Waals surface area contributed by atoms with E-state index in [1.807, 2.05) is 19.9 Å². The molecule has 0 aromatic heterocycles. The molecule has 0 spiro atoms. The van der Waals surface area contributed by atoms with Crippen molar-refractivity contribution in [1.29, 1.82) is 0 Å². The van der Waals surface area contributed by atoms with Crippen LogP contribution >= 0.6 is 15.9 Å². The molecule has 0 heterocycles. The van der Waals surface area contributed by atoms with Crippen LogP contribution in [0.3, 0.4) is 0 Å². The molecule has 0 radical (unpaired) electrons. The standard InChI is InChI=1S/C15H14BrNO4S/c1-9-3-4-11(7-10(9)2)17-22(20,21)12-5-6-14(16)13(8-12)15(18)19/h3-8,17H,1-2H3,(H,18,19). The normalized spacial score (nSPS) is 11.2. The van der Waals surface area contributed by atoms with E-state index in [0.717, 1.165) is 17.2 Å². The number of rotatable bonds is 4. The van der Waals surface area contributed by atoms with Crippen molar-refractivity contribution in [2.24, 2.45) is 0 Å². The van der Waals surface area contributed by atoms with Gasteiger partial charge in [0.25, 0.3) is 10.0 Å². The number of carboxylic acid groups (broad SMARTS) is 1. The number of anilines is 1. The highest BCUT2D eigenvalue weighted by molar-refractivity contribution is 9.10. The fourth-order valence-corrected chi connectivity index (χ4v) is 3.35. The zero-order valence-corrected chi connectivity index (χ0v) is 14.3. The number of benzene rings is 2. The van der Waals surface area contributed by atoms with Crippen molar-refractivity contribution in [2.75, 3.05) is 4.72 Å². The Labute approximate surface area is 137 Å². The van der Waals surface area contributed by atoms with E-state index in [2.05, 4.69) is 20.7 Å². The molecule has 0 atom stereocenters. The van der Waals surface area contributed by atoms with Crippen molar-refractivity contribution in [3.63, 3.8) is 0 Å². The van der Waals surface area contributed by atoms with Gasteiger partial charge in [-0.3, -0.25) is 4.72 Å². The summed E-state index contributed by atoms with van der Waals surface area (Å²) < 4.78 is 27.5. The van der Waals surface area contributed by atoms with Crippen LogP contribution in [0.1, 0.15) is 21.5 Å². The molecule has 2 aromatic carbocycles. The molecule has 0 fully saturated rings. The highest BCUT2D eigenvalue weighted by atomic mass is 79.9. The van der Waals surface area contributed by atoms with Crippen molar-refractivity contribution < 1.29 is 18.3 Å². The van der Waals surface area contributed by atoms with Crippen molar-refractivity contribution in [3.8, 4) is 0 Å². The SMILES string of the molecule is Cc1ccc(NS(=O)(=O)c2ccc(Br)c(C(=O)O)c2)cc1C. The average Bonchev–Trinajstić information content (AvgIpc) is 2.42. The predicted molar refractivity (Wildman–Crippen MR) is 87.8 cm³/mol. The van der Waals surface area contributed by atoms with Crippen LogP contribution in [-0.4, -0.2) is 19.5 Å². The van der Waals surface area contributed by atoms with Gasteiger partial charge in [-0.25, -0.2) is 13.2 Å². The number of aromatic carboxylic acids is 1. The summed E-state index contributed by atoms with van der Waals surface area (Å²) in [5.41, 5.74) is 2.34. The van der Waals surface area contributed by atoms with Crippen molar-refractivity contribution in [1.82, 2.24) is 0 Å². The third kappa shape index (κ3) is 3.48. The van der Waals surface area contributed by atoms with Gasteiger partial charge in [0.2, 0.25) is 0 Å². The Hall–Kier alpha value is -1.86. The topological polar surface area (TPSA) is 83.5 Å². The van der Waals surface area contributed by atoms with Crippen LogP contribution in [-0.2, 0) is 10.0 Å². The van der Waals surface area contributed by atoms with Crippen LogP contribution in [0.2, 0.25) is 0 Å². The smallest absolute Gasteiger partial charge is 0.336 e. The van der Waals surface area contributed by atoms with Crippen molar-refractivity contribution in [3.05, 3.63) is 57.6 Å². The van der Waals surface area contributed by atoms with Crippen LogP contribution in [0.4, 0.5) is 5.69 Å². The summed E-state index contributed by atoms with van der Waals surface area (Å²) in [7, 11) is -3.85. The van der Waals surface area contributed by atoms with Crippen LogP contribution in [0.25, 0.3) is 0 Å². The van der Waals surface area contributed by atoms with E-state index in [-0.39, 0.29) is 10.5 Å². The molecule has 7 heteroatoms. The lowest BCUT2D eigenvalue weighted by Gasteiger charge is -2.11. The summed E-state index contributed by atoms with van der Waals surface area (Å²) in [5.74, 6) is -1.20. The first kappa shape index (κ1) is 16.5. The molecule has 0 aliphatic rings. The van der Waals surface area contributed by atoms with Crippen LogP contribution in [0.5, 0.6) is 0 Å². The van der Waals surface area contributed by atoms with Crippen LogP contribution < -0.4 is 4.72 Å². The molecule has 0 bridgehead atoms. The second-order valence-electron chi connectivity index (χ2n) is 4.85. The summed E-state index contributed by atoms with van der Waals surface area (Å²) >= 11 is 3.09. The third-order valence-corrected chi connectivity index (χ3v) is 5.31. The van der Waals surface area contributed by atoms with Gasteiger partial charge in [-0.05, 0) is 71.2 Å². The minimum atomic E-state index is -3.85. The minimum Gasteiger partial charge on any atom is -0.478 e. The lowest BCUT2D eigenvalue weighted by atomic mass is 10.1. The van der Waals surface area contributed by atoms with E-state index in [1.165, 1.54) is 12.1 Å². The largest absolute Gasteiger partial charge is 0.478 e. The number of carbonyl (C=O) groups is 1. The highest BCUT2D eigenvalue weighted by Crippen LogP contribution is 2.23. The Bertz CT molecular complexity index is 847. The molecular formula is C15H14BrNO4S. The van der Waals surface area contributed by atoms with Gasteiger partial charge < -0.3 is 5.11 Å². The molecule has 2 aromatic rings. The fraction of sp³-hybridized carbons (Fsp3) is 0.133. The second-order valence-corrected chi connectivity index (χ2v) is 7.39. The van der Waals surface area contributed by atoms with E-state index < -0.39 is 16.0 Å². The number of hydrogen-bond donors (Lipinski definition) is 2. The first-order valence-corrected chi connectivity index (χ1v) is 8.61. The van der Waals surface area contributed by atoms with Gasteiger partial charge in [-0.2, -0.15) is 0 Å². The number of halogens is 1. The van der Waals surface area contributed by atoms with Crippen molar-refractivity contribution in [2.45, 2.75) is 18.7 Å². The van der Waals surface area contributed by atoms with E-state index in [9.17, 15) is 13.2 Å². The summed E-state index contributed by atoms with van der Waals surface area (Å²) in [4.78, 5) is 11.0. The second kappa shape index (κ2) is 6.10. The molecule has 2 N–H and O–H groups in total. The molecule has 0 saturated carbocycles. The lowest BCUT2D eigenvalue weighted by Crippen LogP contribution is -2.14. The molecule has 0 aliphatic heterocycles. The van der Waals surface area contributed by atoms with Gasteiger partial charge >= 0.3 is 5.97 Å². The highest BCUT2D eigenvalue weighted by Gasteiger charge is 2.18. The van der Waals surface area contributed by atoms with Gasteiger partial charge in [0, 0.05) is 10.2 Å². The maximum atomic E-state index is 12.4. The van der Waals surface area contributed by atoms with Crippen LogP contribution in [0.15, 0.2) is 45.8 Å². The maximum absolute atomic E-state index is 12.4. The third-order valence-electron chi connectivity index (χ3n) is 3.24. The Morgan fingerprint density at radius 2 is 1.77 bits per heavy atom. The first-order valence-electron chi connectivity index (χ1n) is 6.33. The fourth-order valence-electron chi connectivity index (χ4n) is 1.85. The lowest BCUT2D eigenvalue weighted by molar-refractivity contribution is 0.0695. The Morgan fingerprint density at radius 3 is 2.36 bits per heavy atom. The molecule has 0 saturated heterocycles. The molecule has 116 valence electrons. The zero-order chi connectivity index (χ0) is 16.5.